The standard InChI is InChI=1S/C12H11F2N5/c13-9-4-3-8(5-10(9)14)16-11-6-15-19-12(18-11)17-7-1-2-7/h3-7H,1-2H2,(H2,16,17,18,19). The maximum atomic E-state index is 13.1. The van der Waals surface area contributed by atoms with Crippen LogP contribution in [0, 0.1) is 11.6 Å². The predicted octanol–water partition coefficient (Wildman–Crippen LogP) is 2.47. The van der Waals surface area contributed by atoms with Gasteiger partial charge in [0.05, 0.1) is 6.20 Å². The van der Waals surface area contributed by atoms with Crippen molar-refractivity contribution in [1.82, 2.24) is 15.2 Å². The Morgan fingerprint density at radius 3 is 2.74 bits per heavy atom. The Balaban J connectivity index is 1.75. The zero-order valence-corrected chi connectivity index (χ0v) is 9.90. The van der Waals surface area contributed by atoms with E-state index in [9.17, 15) is 8.78 Å². The van der Waals surface area contributed by atoms with Crippen LogP contribution in [0.4, 0.5) is 26.2 Å². The van der Waals surface area contributed by atoms with Crippen LogP contribution in [0.5, 0.6) is 0 Å². The van der Waals surface area contributed by atoms with Crippen LogP contribution < -0.4 is 10.6 Å². The zero-order chi connectivity index (χ0) is 13.2. The molecule has 3 rings (SSSR count). The van der Waals surface area contributed by atoms with Crippen molar-refractivity contribution >= 4 is 17.5 Å². The molecule has 2 N–H and O–H groups in total. The molecule has 1 aliphatic carbocycles. The van der Waals surface area contributed by atoms with Gasteiger partial charge in [-0.15, -0.1) is 5.10 Å². The molecule has 1 aromatic heterocycles. The van der Waals surface area contributed by atoms with Crippen molar-refractivity contribution in [3.63, 3.8) is 0 Å². The average Bonchev–Trinajstić information content (AvgIpc) is 3.18. The number of benzene rings is 1. The molecule has 1 heterocycles. The molecule has 0 bridgehead atoms. The Labute approximate surface area is 108 Å². The summed E-state index contributed by atoms with van der Waals surface area (Å²) in [6.07, 6.45) is 3.62. The van der Waals surface area contributed by atoms with Crippen molar-refractivity contribution in [3.8, 4) is 0 Å². The predicted molar refractivity (Wildman–Crippen MR) is 66.1 cm³/mol. The molecule has 2 aromatic rings. The van der Waals surface area contributed by atoms with Gasteiger partial charge in [-0.2, -0.15) is 10.1 Å². The van der Waals surface area contributed by atoms with Gasteiger partial charge < -0.3 is 10.6 Å². The number of nitrogens with one attached hydrogen (secondary N) is 2. The summed E-state index contributed by atoms with van der Waals surface area (Å²) in [7, 11) is 0. The van der Waals surface area contributed by atoms with Crippen molar-refractivity contribution in [2.75, 3.05) is 10.6 Å². The molecule has 1 aliphatic rings. The molecule has 0 saturated heterocycles. The molecule has 0 aliphatic heterocycles. The normalized spacial score (nSPS) is 14.2. The first-order chi connectivity index (χ1) is 9.20. The van der Waals surface area contributed by atoms with Crippen LogP contribution in [-0.4, -0.2) is 21.2 Å². The molecule has 0 radical (unpaired) electrons. The van der Waals surface area contributed by atoms with E-state index in [2.05, 4.69) is 25.8 Å². The van der Waals surface area contributed by atoms with Gasteiger partial charge in [0.25, 0.3) is 0 Å². The minimum atomic E-state index is -0.914. The van der Waals surface area contributed by atoms with Crippen molar-refractivity contribution in [2.24, 2.45) is 0 Å². The van der Waals surface area contributed by atoms with Gasteiger partial charge in [-0.1, -0.05) is 0 Å². The number of aromatic nitrogens is 3. The van der Waals surface area contributed by atoms with E-state index in [-0.39, 0.29) is 0 Å². The molecule has 7 heteroatoms. The fourth-order valence-corrected chi connectivity index (χ4v) is 1.56. The second kappa shape index (κ2) is 4.75. The molecular formula is C12H11F2N5. The SMILES string of the molecule is Fc1ccc(Nc2cnnc(NC3CC3)n2)cc1F. The molecule has 98 valence electrons. The van der Waals surface area contributed by atoms with Crippen LogP contribution in [0.15, 0.2) is 24.4 Å². The first kappa shape index (κ1) is 11.8. The minimum absolute atomic E-state index is 0.400. The highest BCUT2D eigenvalue weighted by atomic mass is 19.2. The molecule has 19 heavy (non-hydrogen) atoms. The summed E-state index contributed by atoms with van der Waals surface area (Å²) >= 11 is 0. The Bertz CT molecular complexity index is 600. The molecule has 0 spiro atoms. The van der Waals surface area contributed by atoms with Crippen molar-refractivity contribution < 1.29 is 8.78 Å². The van der Waals surface area contributed by atoms with Gasteiger partial charge in [-0.05, 0) is 25.0 Å². The van der Waals surface area contributed by atoms with Crippen LogP contribution in [0.2, 0.25) is 0 Å². The van der Waals surface area contributed by atoms with Crippen molar-refractivity contribution in [3.05, 3.63) is 36.0 Å². The van der Waals surface area contributed by atoms with E-state index < -0.39 is 11.6 Å². The number of nitrogens with zero attached hydrogens (tertiary/aromatic N) is 3. The minimum Gasteiger partial charge on any atom is -0.350 e. The van der Waals surface area contributed by atoms with E-state index in [1.807, 2.05) is 0 Å². The summed E-state index contributed by atoms with van der Waals surface area (Å²) in [5.74, 6) is -0.954. The molecule has 0 unspecified atom stereocenters. The Kier molecular flexibility index (Phi) is 2.94. The Morgan fingerprint density at radius 1 is 1.16 bits per heavy atom. The molecule has 0 atom stereocenters. The molecule has 1 fully saturated rings. The van der Waals surface area contributed by atoms with Gasteiger partial charge in [0, 0.05) is 17.8 Å². The van der Waals surface area contributed by atoms with E-state index in [0.29, 0.717) is 23.5 Å². The van der Waals surface area contributed by atoms with Crippen LogP contribution >= 0.6 is 0 Å². The molecule has 1 saturated carbocycles. The van der Waals surface area contributed by atoms with E-state index in [1.54, 1.807) is 0 Å². The zero-order valence-electron chi connectivity index (χ0n) is 9.90. The van der Waals surface area contributed by atoms with Crippen molar-refractivity contribution in [2.45, 2.75) is 18.9 Å². The summed E-state index contributed by atoms with van der Waals surface area (Å²) in [6, 6.07) is 3.95. The number of anilines is 3. The maximum Gasteiger partial charge on any atom is 0.244 e. The fourth-order valence-electron chi connectivity index (χ4n) is 1.56. The smallest absolute Gasteiger partial charge is 0.244 e. The second-order valence-electron chi connectivity index (χ2n) is 4.34. The highest BCUT2D eigenvalue weighted by molar-refractivity contribution is 5.56. The van der Waals surface area contributed by atoms with E-state index in [1.165, 1.54) is 12.3 Å². The molecule has 0 amide bonds. The van der Waals surface area contributed by atoms with Crippen LogP contribution in [-0.2, 0) is 0 Å². The Morgan fingerprint density at radius 2 is 2.00 bits per heavy atom. The summed E-state index contributed by atoms with van der Waals surface area (Å²) in [6.45, 7) is 0. The number of halogens is 2. The van der Waals surface area contributed by atoms with Crippen LogP contribution in [0.3, 0.4) is 0 Å². The van der Waals surface area contributed by atoms with Gasteiger partial charge in [-0.25, -0.2) is 8.78 Å². The van der Waals surface area contributed by atoms with Gasteiger partial charge in [0.2, 0.25) is 5.95 Å². The summed E-state index contributed by atoms with van der Waals surface area (Å²) in [5.41, 5.74) is 0.400. The maximum absolute atomic E-state index is 13.1. The van der Waals surface area contributed by atoms with E-state index in [4.69, 9.17) is 0 Å². The Hall–Kier alpha value is -2.31. The largest absolute Gasteiger partial charge is 0.350 e. The third kappa shape index (κ3) is 2.93. The molecular weight excluding hydrogens is 252 g/mol. The van der Waals surface area contributed by atoms with Crippen molar-refractivity contribution in [1.29, 1.82) is 0 Å². The summed E-state index contributed by atoms with van der Waals surface area (Å²) < 4.78 is 25.9. The lowest BCUT2D eigenvalue weighted by Gasteiger charge is -2.07. The lowest BCUT2D eigenvalue weighted by atomic mass is 10.3. The first-order valence-corrected chi connectivity index (χ1v) is 5.89. The van der Waals surface area contributed by atoms with Gasteiger partial charge in [0.1, 0.15) is 0 Å². The van der Waals surface area contributed by atoms with E-state index >= 15 is 0 Å². The molecule has 1 aromatic carbocycles. The highest BCUT2D eigenvalue weighted by Gasteiger charge is 2.22. The van der Waals surface area contributed by atoms with Gasteiger partial charge in [-0.3, -0.25) is 0 Å². The third-order valence-corrected chi connectivity index (χ3v) is 2.66. The summed E-state index contributed by atoms with van der Waals surface area (Å²) in [5, 5.41) is 13.6. The average molecular weight is 263 g/mol. The lowest BCUT2D eigenvalue weighted by Crippen LogP contribution is -2.07. The fraction of sp³-hybridized carbons (Fsp3) is 0.250. The van der Waals surface area contributed by atoms with Gasteiger partial charge in [0.15, 0.2) is 17.5 Å². The number of hydrogen-bond donors (Lipinski definition) is 2. The first-order valence-electron chi connectivity index (χ1n) is 5.89. The number of rotatable bonds is 4. The van der Waals surface area contributed by atoms with Gasteiger partial charge >= 0.3 is 0 Å². The van der Waals surface area contributed by atoms with Crippen LogP contribution in [0.25, 0.3) is 0 Å². The highest BCUT2D eigenvalue weighted by Crippen LogP contribution is 2.23. The lowest BCUT2D eigenvalue weighted by molar-refractivity contribution is 0.509. The molecule has 5 nitrogen and oxygen atoms in total. The second-order valence-corrected chi connectivity index (χ2v) is 4.34. The third-order valence-electron chi connectivity index (χ3n) is 2.66. The monoisotopic (exact) mass is 263 g/mol. The van der Waals surface area contributed by atoms with E-state index in [0.717, 1.165) is 25.0 Å². The topological polar surface area (TPSA) is 62.7 Å². The quantitative estimate of drug-likeness (QED) is 0.887. The summed E-state index contributed by atoms with van der Waals surface area (Å²) in [4.78, 5) is 4.19. The number of hydrogen-bond acceptors (Lipinski definition) is 5. The van der Waals surface area contributed by atoms with Crippen LogP contribution in [0.1, 0.15) is 12.8 Å².